The molecule has 1 aliphatic heterocycles. The van der Waals surface area contributed by atoms with Crippen LogP contribution in [0.15, 0.2) is 0 Å². The van der Waals surface area contributed by atoms with Crippen LogP contribution in [-0.4, -0.2) is 55.4 Å². The average Bonchev–Trinajstić information content (AvgIpc) is 2.34. The molecule has 5 heteroatoms. The molecular formula is C12H24N2O3. The topological polar surface area (TPSA) is 75.8 Å². The van der Waals surface area contributed by atoms with Crippen molar-refractivity contribution in [2.24, 2.45) is 11.7 Å². The Morgan fingerprint density at radius 3 is 2.59 bits per heavy atom. The van der Waals surface area contributed by atoms with Crippen molar-refractivity contribution >= 4 is 5.97 Å². The highest BCUT2D eigenvalue weighted by Gasteiger charge is 2.19. The average molecular weight is 244 g/mol. The van der Waals surface area contributed by atoms with Gasteiger partial charge in [0.15, 0.2) is 0 Å². The monoisotopic (exact) mass is 244 g/mol. The summed E-state index contributed by atoms with van der Waals surface area (Å²) in [6.45, 7) is 4.90. The van der Waals surface area contributed by atoms with E-state index in [1.165, 1.54) is 0 Å². The quantitative estimate of drug-likeness (QED) is 0.609. The molecule has 0 aromatic carbocycles. The molecule has 0 saturated carbocycles. The van der Waals surface area contributed by atoms with Crippen LogP contribution >= 0.6 is 0 Å². The summed E-state index contributed by atoms with van der Waals surface area (Å²) in [4.78, 5) is 13.4. The van der Waals surface area contributed by atoms with E-state index < -0.39 is 5.97 Å². The third-order valence-electron chi connectivity index (χ3n) is 3.25. The van der Waals surface area contributed by atoms with Crippen LogP contribution in [0.5, 0.6) is 0 Å². The summed E-state index contributed by atoms with van der Waals surface area (Å²) in [7, 11) is 0. The molecule has 5 nitrogen and oxygen atoms in total. The van der Waals surface area contributed by atoms with Crippen LogP contribution in [0.4, 0.5) is 0 Å². The highest BCUT2D eigenvalue weighted by Crippen LogP contribution is 2.14. The lowest BCUT2D eigenvalue weighted by Gasteiger charge is -2.27. The van der Waals surface area contributed by atoms with Crippen molar-refractivity contribution in [3.05, 3.63) is 0 Å². The summed E-state index contributed by atoms with van der Waals surface area (Å²) in [6, 6.07) is 0. The van der Waals surface area contributed by atoms with E-state index in [1.54, 1.807) is 0 Å². The maximum absolute atomic E-state index is 11.1. The molecule has 3 N–H and O–H groups in total. The summed E-state index contributed by atoms with van der Waals surface area (Å²) in [5.41, 5.74) is 5.41. The summed E-state index contributed by atoms with van der Waals surface area (Å²) in [5, 5.41) is 9.13. The Bertz CT molecular complexity index is 218. The van der Waals surface area contributed by atoms with E-state index in [2.05, 4.69) is 4.90 Å². The summed E-state index contributed by atoms with van der Waals surface area (Å²) in [6.07, 6.45) is 3.31. The highest BCUT2D eigenvalue weighted by atomic mass is 16.5. The molecule has 0 aromatic rings. The molecule has 0 radical (unpaired) electrons. The number of nitrogens with two attached hydrogens (primary N) is 1. The number of morpholine rings is 1. The van der Waals surface area contributed by atoms with Crippen molar-refractivity contribution in [2.45, 2.75) is 25.7 Å². The van der Waals surface area contributed by atoms with Crippen LogP contribution in [-0.2, 0) is 9.53 Å². The number of ether oxygens (including phenoxy) is 1. The van der Waals surface area contributed by atoms with Gasteiger partial charge in [-0.05, 0) is 32.4 Å². The Morgan fingerprint density at radius 2 is 2.00 bits per heavy atom. The number of nitrogens with zero attached hydrogens (tertiary/aromatic N) is 1. The molecule has 1 fully saturated rings. The normalized spacial score (nSPS) is 19.1. The molecule has 1 unspecified atom stereocenters. The third-order valence-corrected chi connectivity index (χ3v) is 3.25. The highest BCUT2D eigenvalue weighted by molar-refractivity contribution is 5.69. The van der Waals surface area contributed by atoms with Crippen molar-refractivity contribution in [2.75, 3.05) is 39.4 Å². The van der Waals surface area contributed by atoms with Gasteiger partial charge in [0.2, 0.25) is 0 Å². The third kappa shape index (κ3) is 6.00. The number of carboxylic acid groups (broad SMARTS) is 1. The first-order valence-electron chi connectivity index (χ1n) is 6.47. The number of carboxylic acids is 1. The Balaban J connectivity index is 2.20. The fourth-order valence-corrected chi connectivity index (χ4v) is 2.09. The number of carbonyl (C=O) groups is 1. The molecule has 100 valence electrons. The zero-order valence-electron chi connectivity index (χ0n) is 10.4. The minimum Gasteiger partial charge on any atom is -0.481 e. The van der Waals surface area contributed by atoms with E-state index in [0.29, 0.717) is 6.54 Å². The number of unbranched alkanes of at least 4 members (excludes halogenated alkanes) is 1. The molecule has 1 saturated heterocycles. The molecule has 0 aromatic heterocycles. The van der Waals surface area contributed by atoms with Gasteiger partial charge in [-0.1, -0.05) is 6.42 Å². The van der Waals surface area contributed by atoms with Crippen LogP contribution in [0, 0.1) is 5.92 Å². The van der Waals surface area contributed by atoms with Crippen molar-refractivity contribution in [1.82, 2.24) is 4.90 Å². The van der Waals surface area contributed by atoms with Gasteiger partial charge < -0.3 is 15.6 Å². The molecule has 0 aliphatic carbocycles. The molecule has 0 bridgehead atoms. The van der Waals surface area contributed by atoms with Crippen LogP contribution in [0.25, 0.3) is 0 Å². The number of hydrogen-bond donors (Lipinski definition) is 2. The lowest BCUT2D eigenvalue weighted by atomic mass is 9.98. The fraction of sp³-hybridized carbons (Fsp3) is 0.917. The predicted octanol–water partition coefficient (Wildman–Crippen LogP) is 0.539. The van der Waals surface area contributed by atoms with E-state index >= 15 is 0 Å². The molecule has 1 atom stereocenters. The standard InChI is InChI=1S/C12H24N2O3/c13-5-2-1-3-11(12(15)16)4-6-14-7-9-17-10-8-14/h11H,1-10,13H2,(H,15,16). The minimum absolute atomic E-state index is 0.218. The van der Waals surface area contributed by atoms with Gasteiger partial charge >= 0.3 is 5.97 Å². The van der Waals surface area contributed by atoms with Gasteiger partial charge in [-0.3, -0.25) is 9.69 Å². The van der Waals surface area contributed by atoms with Crippen molar-refractivity contribution in [1.29, 1.82) is 0 Å². The van der Waals surface area contributed by atoms with Gasteiger partial charge in [0.1, 0.15) is 0 Å². The van der Waals surface area contributed by atoms with Crippen molar-refractivity contribution in [3.8, 4) is 0 Å². The maximum atomic E-state index is 11.1. The molecular weight excluding hydrogens is 220 g/mol. The van der Waals surface area contributed by atoms with Crippen LogP contribution in [0.2, 0.25) is 0 Å². The van der Waals surface area contributed by atoms with E-state index in [1.807, 2.05) is 0 Å². The molecule has 1 rings (SSSR count). The van der Waals surface area contributed by atoms with Crippen molar-refractivity contribution in [3.63, 3.8) is 0 Å². The first-order valence-corrected chi connectivity index (χ1v) is 6.47. The Kier molecular flexibility index (Phi) is 7.16. The van der Waals surface area contributed by atoms with Gasteiger partial charge in [0.05, 0.1) is 19.1 Å². The molecule has 1 heterocycles. The Hall–Kier alpha value is -0.650. The fourth-order valence-electron chi connectivity index (χ4n) is 2.09. The molecule has 1 aliphatic rings. The second-order valence-electron chi connectivity index (χ2n) is 4.56. The van der Waals surface area contributed by atoms with Crippen LogP contribution in [0.3, 0.4) is 0 Å². The van der Waals surface area contributed by atoms with Crippen molar-refractivity contribution < 1.29 is 14.6 Å². The second-order valence-corrected chi connectivity index (χ2v) is 4.56. The van der Waals surface area contributed by atoms with Crippen LogP contribution < -0.4 is 5.73 Å². The maximum Gasteiger partial charge on any atom is 0.306 e. The van der Waals surface area contributed by atoms with E-state index in [-0.39, 0.29) is 5.92 Å². The SMILES string of the molecule is NCCCCC(CCN1CCOCC1)C(=O)O. The Morgan fingerprint density at radius 1 is 1.29 bits per heavy atom. The van der Waals surface area contributed by atoms with Gasteiger partial charge in [-0.25, -0.2) is 0 Å². The summed E-state index contributed by atoms with van der Waals surface area (Å²) in [5.74, 6) is -0.889. The molecule has 17 heavy (non-hydrogen) atoms. The molecule has 0 amide bonds. The largest absolute Gasteiger partial charge is 0.481 e. The van der Waals surface area contributed by atoms with Crippen LogP contribution in [0.1, 0.15) is 25.7 Å². The summed E-state index contributed by atoms with van der Waals surface area (Å²) >= 11 is 0. The number of rotatable bonds is 8. The smallest absolute Gasteiger partial charge is 0.306 e. The van der Waals surface area contributed by atoms with E-state index in [9.17, 15) is 4.79 Å². The lowest BCUT2D eigenvalue weighted by molar-refractivity contribution is -0.142. The molecule has 0 spiro atoms. The van der Waals surface area contributed by atoms with E-state index in [0.717, 1.165) is 58.5 Å². The Labute approximate surface area is 103 Å². The second kappa shape index (κ2) is 8.44. The first-order chi connectivity index (χ1) is 8.24. The number of hydrogen-bond acceptors (Lipinski definition) is 4. The zero-order chi connectivity index (χ0) is 12.5. The van der Waals surface area contributed by atoms with Gasteiger partial charge in [0, 0.05) is 13.1 Å². The zero-order valence-corrected chi connectivity index (χ0v) is 10.4. The van der Waals surface area contributed by atoms with E-state index in [4.69, 9.17) is 15.6 Å². The lowest BCUT2D eigenvalue weighted by Crippen LogP contribution is -2.38. The van der Waals surface area contributed by atoms with Gasteiger partial charge in [-0.15, -0.1) is 0 Å². The minimum atomic E-state index is -0.671. The van der Waals surface area contributed by atoms with Gasteiger partial charge in [-0.2, -0.15) is 0 Å². The number of aliphatic carboxylic acids is 1. The van der Waals surface area contributed by atoms with Gasteiger partial charge in [0.25, 0.3) is 0 Å². The summed E-state index contributed by atoms with van der Waals surface area (Å²) < 4.78 is 5.26. The predicted molar refractivity (Wildman–Crippen MR) is 65.9 cm³/mol. The first kappa shape index (κ1) is 14.4.